The van der Waals surface area contributed by atoms with Crippen molar-refractivity contribution in [1.82, 2.24) is 0 Å². The van der Waals surface area contributed by atoms with E-state index in [1.807, 2.05) is 0 Å². The number of alkyl halides is 2. The van der Waals surface area contributed by atoms with Crippen molar-refractivity contribution in [3.05, 3.63) is 35.4 Å². The summed E-state index contributed by atoms with van der Waals surface area (Å²) >= 11 is 0. The lowest BCUT2D eigenvalue weighted by atomic mass is 10.1. The molecule has 0 saturated carbocycles. The highest BCUT2D eigenvalue weighted by atomic mass is 19.3. The normalized spacial score (nSPS) is 9.64. The van der Waals surface area contributed by atoms with Gasteiger partial charge in [-0.05, 0) is 18.2 Å². The number of nitrogens with zero attached hydrogens (tertiary/aromatic N) is 1. The van der Waals surface area contributed by atoms with Crippen molar-refractivity contribution in [3.8, 4) is 6.07 Å². The zero-order chi connectivity index (χ0) is 8.27. The highest BCUT2D eigenvalue weighted by molar-refractivity contribution is 5.37. The first-order valence-electron chi connectivity index (χ1n) is 2.94. The maximum absolute atomic E-state index is 12.0. The van der Waals surface area contributed by atoms with E-state index in [1.165, 1.54) is 12.1 Å². The molecule has 1 aromatic rings. The van der Waals surface area contributed by atoms with Crippen molar-refractivity contribution >= 4 is 0 Å². The Kier molecular flexibility index (Phi) is 2.17. The second kappa shape index (κ2) is 3.11. The fraction of sp³-hybridized carbons (Fsp3) is 0.125. The van der Waals surface area contributed by atoms with E-state index in [0.717, 1.165) is 6.07 Å². The molecule has 0 aliphatic heterocycles. The van der Waals surface area contributed by atoms with Crippen molar-refractivity contribution < 1.29 is 8.78 Å². The van der Waals surface area contributed by atoms with Crippen LogP contribution in [0.15, 0.2) is 18.2 Å². The Labute approximate surface area is 62.9 Å². The molecule has 0 aromatic heterocycles. The summed E-state index contributed by atoms with van der Waals surface area (Å²) in [5.41, 5.74) is -0.242. The van der Waals surface area contributed by atoms with Crippen LogP contribution in [-0.2, 0) is 0 Å². The van der Waals surface area contributed by atoms with Gasteiger partial charge in [0.2, 0.25) is 0 Å². The SMILES string of the molecule is N#Cc1cc[c]cc1C(F)F. The van der Waals surface area contributed by atoms with E-state index >= 15 is 0 Å². The molecule has 0 aliphatic rings. The summed E-state index contributed by atoms with van der Waals surface area (Å²) in [6.07, 6.45) is -2.60. The highest BCUT2D eigenvalue weighted by Crippen LogP contribution is 2.21. The minimum atomic E-state index is -2.60. The predicted octanol–water partition coefficient (Wildman–Crippen LogP) is 2.30. The molecule has 0 N–H and O–H groups in total. The molecule has 0 unspecified atom stereocenters. The Balaban J connectivity index is 3.15. The molecule has 11 heavy (non-hydrogen) atoms. The van der Waals surface area contributed by atoms with Gasteiger partial charge >= 0.3 is 0 Å². The Morgan fingerprint density at radius 1 is 1.55 bits per heavy atom. The molecule has 1 rings (SSSR count). The molecule has 0 aliphatic carbocycles. The number of nitriles is 1. The van der Waals surface area contributed by atoms with Crippen molar-refractivity contribution in [1.29, 1.82) is 5.26 Å². The average Bonchev–Trinajstić information content (AvgIpc) is 2.04. The quantitative estimate of drug-likeness (QED) is 0.605. The van der Waals surface area contributed by atoms with E-state index in [0.29, 0.717) is 0 Å². The average molecular weight is 152 g/mol. The van der Waals surface area contributed by atoms with Gasteiger partial charge in [-0.1, -0.05) is 6.07 Å². The van der Waals surface area contributed by atoms with Crippen molar-refractivity contribution in [2.75, 3.05) is 0 Å². The smallest absolute Gasteiger partial charge is 0.205 e. The molecular formula is C8H4F2N. The van der Waals surface area contributed by atoms with Crippen LogP contribution in [0.3, 0.4) is 0 Å². The van der Waals surface area contributed by atoms with E-state index in [1.54, 1.807) is 6.07 Å². The van der Waals surface area contributed by atoms with E-state index in [2.05, 4.69) is 6.07 Å². The van der Waals surface area contributed by atoms with Crippen LogP contribution < -0.4 is 0 Å². The zero-order valence-corrected chi connectivity index (χ0v) is 5.51. The Bertz CT molecular complexity index is 288. The highest BCUT2D eigenvalue weighted by Gasteiger charge is 2.10. The fourth-order valence-electron chi connectivity index (χ4n) is 0.726. The minimum absolute atomic E-state index is 0.0127. The summed E-state index contributed by atoms with van der Waals surface area (Å²) in [5.74, 6) is 0. The van der Waals surface area contributed by atoms with Gasteiger partial charge in [0.25, 0.3) is 6.43 Å². The standard InChI is InChI=1S/C8H4F2N/c9-8(10)7-4-2-1-3-6(7)5-11/h1,3-4,8H. The molecule has 0 saturated heterocycles. The van der Waals surface area contributed by atoms with Gasteiger partial charge in [-0.25, -0.2) is 8.78 Å². The third kappa shape index (κ3) is 1.53. The van der Waals surface area contributed by atoms with Crippen molar-refractivity contribution in [3.63, 3.8) is 0 Å². The van der Waals surface area contributed by atoms with E-state index in [9.17, 15) is 8.78 Å². The molecule has 0 fully saturated rings. The van der Waals surface area contributed by atoms with Crippen molar-refractivity contribution in [2.45, 2.75) is 6.43 Å². The summed E-state index contributed by atoms with van der Waals surface area (Å²) in [6, 6.07) is 8.05. The van der Waals surface area contributed by atoms with Crippen LogP contribution in [0.4, 0.5) is 8.78 Å². The van der Waals surface area contributed by atoms with Crippen LogP contribution in [0, 0.1) is 17.4 Å². The number of hydrogen-bond acceptors (Lipinski definition) is 1. The van der Waals surface area contributed by atoms with E-state index < -0.39 is 6.43 Å². The van der Waals surface area contributed by atoms with Crippen LogP contribution >= 0.6 is 0 Å². The molecule has 0 amide bonds. The number of rotatable bonds is 1. The maximum atomic E-state index is 12.0. The molecule has 3 heteroatoms. The first kappa shape index (κ1) is 7.67. The van der Waals surface area contributed by atoms with Crippen molar-refractivity contribution in [2.24, 2.45) is 0 Å². The number of halogens is 2. The predicted molar refractivity (Wildman–Crippen MR) is 35.0 cm³/mol. The van der Waals surface area contributed by atoms with Gasteiger partial charge in [-0.3, -0.25) is 0 Å². The van der Waals surface area contributed by atoms with Gasteiger partial charge in [-0.2, -0.15) is 5.26 Å². The van der Waals surface area contributed by atoms with E-state index in [4.69, 9.17) is 5.26 Å². The summed E-state index contributed by atoms with van der Waals surface area (Å²) in [7, 11) is 0. The summed E-state index contributed by atoms with van der Waals surface area (Å²) in [6.45, 7) is 0. The Morgan fingerprint density at radius 2 is 2.27 bits per heavy atom. The second-order valence-corrected chi connectivity index (χ2v) is 1.93. The zero-order valence-electron chi connectivity index (χ0n) is 5.51. The van der Waals surface area contributed by atoms with Gasteiger partial charge in [0.15, 0.2) is 0 Å². The molecule has 0 bridgehead atoms. The molecule has 0 spiro atoms. The Morgan fingerprint density at radius 3 is 2.73 bits per heavy atom. The molecule has 1 nitrogen and oxygen atoms in total. The molecule has 1 aromatic carbocycles. The van der Waals surface area contributed by atoms with Crippen LogP contribution in [0.2, 0.25) is 0 Å². The van der Waals surface area contributed by atoms with Gasteiger partial charge in [0.05, 0.1) is 11.6 Å². The summed E-state index contributed by atoms with van der Waals surface area (Å²) in [4.78, 5) is 0. The third-order valence-corrected chi connectivity index (χ3v) is 1.25. The lowest BCUT2D eigenvalue weighted by molar-refractivity contribution is 0.151. The monoisotopic (exact) mass is 152 g/mol. The lowest BCUT2D eigenvalue weighted by Crippen LogP contribution is -1.88. The Hall–Kier alpha value is -1.43. The van der Waals surface area contributed by atoms with Crippen LogP contribution in [0.1, 0.15) is 17.6 Å². The summed E-state index contributed by atoms with van der Waals surface area (Å²) in [5, 5.41) is 8.37. The van der Waals surface area contributed by atoms with Crippen LogP contribution in [0.5, 0.6) is 0 Å². The molecule has 0 atom stereocenters. The van der Waals surface area contributed by atoms with E-state index in [-0.39, 0.29) is 11.1 Å². The topological polar surface area (TPSA) is 23.8 Å². The largest absolute Gasteiger partial charge is 0.265 e. The molecular weight excluding hydrogens is 148 g/mol. The number of benzene rings is 1. The van der Waals surface area contributed by atoms with Gasteiger partial charge in [-0.15, -0.1) is 0 Å². The first-order valence-corrected chi connectivity index (χ1v) is 2.94. The second-order valence-electron chi connectivity index (χ2n) is 1.93. The molecule has 1 radical (unpaired) electrons. The van der Waals surface area contributed by atoms with Gasteiger partial charge < -0.3 is 0 Å². The first-order chi connectivity index (χ1) is 5.25. The maximum Gasteiger partial charge on any atom is 0.265 e. The van der Waals surface area contributed by atoms with Crippen LogP contribution in [0.25, 0.3) is 0 Å². The minimum Gasteiger partial charge on any atom is -0.205 e. The molecule has 55 valence electrons. The summed E-state index contributed by atoms with van der Waals surface area (Å²) < 4.78 is 24.1. The van der Waals surface area contributed by atoms with Gasteiger partial charge in [0, 0.05) is 5.56 Å². The fourth-order valence-corrected chi connectivity index (χ4v) is 0.726. The third-order valence-electron chi connectivity index (χ3n) is 1.25. The van der Waals surface area contributed by atoms with Crippen LogP contribution in [-0.4, -0.2) is 0 Å². The molecule has 0 heterocycles. The lowest BCUT2D eigenvalue weighted by Gasteiger charge is -1.99. The number of hydrogen-bond donors (Lipinski definition) is 0. The van der Waals surface area contributed by atoms with Gasteiger partial charge in [0.1, 0.15) is 0 Å².